The number of carbonyl (C=O) groups excluding carboxylic acids is 2. The van der Waals surface area contributed by atoms with Gasteiger partial charge in [0.2, 0.25) is 5.91 Å². The van der Waals surface area contributed by atoms with Crippen molar-refractivity contribution in [2.45, 2.75) is 124 Å². The largest absolute Gasteiger partial charge is 1.00 e. The Hall–Kier alpha value is -1.96. The van der Waals surface area contributed by atoms with Crippen LogP contribution in [-0.2, 0) is 23.8 Å². The van der Waals surface area contributed by atoms with Crippen molar-refractivity contribution >= 4 is 11.8 Å². The van der Waals surface area contributed by atoms with Gasteiger partial charge >= 0.3 is 0 Å². The van der Waals surface area contributed by atoms with Crippen LogP contribution in [0.2, 0.25) is 0 Å². The van der Waals surface area contributed by atoms with Gasteiger partial charge in [-0.25, -0.2) is 4.57 Å². The normalized spacial score (nSPS) is 11.2. The summed E-state index contributed by atoms with van der Waals surface area (Å²) in [6, 6.07) is 9.43. The summed E-state index contributed by atoms with van der Waals surface area (Å²) in [4.78, 5) is 27.1. The molecule has 2 rings (SSSR count). The molecule has 0 fully saturated rings. The quantitative estimate of drug-likeness (QED) is 0.135. The number of amides is 2. The summed E-state index contributed by atoms with van der Waals surface area (Å²) in [5.74, 6) is 0.273. The van der Waals surface area contributed by atoms with Crippen molar-refractivity contribution in [1.29, 1.82) is 0 Å². The lowest BCUT2D eigenvalue weighted by Crippen LogP contribution is -3.00. The highest BCUT2D eigenvalue weighted by Gasteiger charge is 2.25. The number of hydrogen-bond acceptors (Lipinski definition) is 3. The number of imide groups is 1. The van der Waals surface area contributed by atoms with Crippen LogP contribution in [0.15, 0.2) is 42.7 Å². The second-order valence-corrected chi connectivity index (χ2v) is 12.0. The Morgan fingerprint density at radius 3 is 1.98 bits per heavy atom. The molecule has 0 aliphatic rings. The predicted molar refractivity (Wildman–Crippen MR) is 160 cm³/mol. The molecular weight excluding hydrogens is 611 g/mol. The van der Waals surface area contributed by atoms with E-state index in [1.165, 1.54) is 82.5 Å². The van der Waals surface area contributed by atoms with Gasteiger partial charge in [-0.15, -0.1) is 0 Å². The maximum absolute atomic E-state index is 13.4. The summed E-state index contributed by atoms with van der Waals surface area (Å²) in [5, 5.41) is 0. The highest BCUT2D eigenvalue weighted by atomic mass is 127. The number of halogens is 1. The molecule has 6 heteroatoms. The van der Waals surface area contributed by atoms with E-state index in [1.807, 2.05) is 48.3 Å². The van der Waals surface area contributed by atoms with Crippen molar-refractivity contribution < 1.29 is 42.9 Å². The van der Waals surface area contributed by atoms with Gasteiger partial charge in [-0.1, -0.05) is 98.3 Å². The third-order valence-corrected chi connectivity index (χ3v) is 7.26. The average Bonchev–Trinajstić information content (AvgIpc) is 2.89. The van der Waals surface area contributed by atoms with Gasteiger partial charge in [0.15, 0.2) is 12.4 Å². The molecule has 40 heavy (non-hydrogen) atoms. The Balaban J connectivity index is 0.00000800. The number of rotatable bonds is 17. The zero-order valence-corrected chi connectivity index (χ0v) is 28.1. The molecule has 1 heterocycles. The Morgan fingerprint density at radius 1 is 0.875 bits per heavy atom. The van der Waals surface area contributed by atoms with Crippen LogP contribution in [0, 0.1) is 0 Å². The number of hydrogen-bond donors (Lipinski definition) is 0. The molecule has 0 unspecified atom stereocenters. The maximum Gasteiger partial charge on any atom is 0.260 e. The lowest BCUT2D eigenvalue weighted by atomic mass is 9.85. The molecule has 5 nitrogen and oxygen atoms in total. The van der Waals surface area contributed by atoms with Gasteiger partial charge in [0.25, 0.3) is 5.91 Å². The van der Waals surface area contributed by atoms with Crippen molar-refractivity contribution in [3.63, 3.8) is 0 Å². The molecular formula is C34H53IN2O3. The first-order chi connectivity index (χ1) is 18.6. The van der Waals surface area contributed by atoms with Gasteiger partial charge in [0.05, 0.1) is 13.2 Å². The van der Waals surface area contributed by atoms with E-state index >= 15 is 0 Å². The van der Waals surface area contributed by atoms with E-state index in [-0.39, 0.29) is 47.8 Å². The van der Waals surface area contributed by atoms with Crippen molar-refractivity contribution in [2.75, 3.05) is 6.61 Å². The zero-order valence-electron chi connectivity index (χ0n) is 25.9. The van der Waals surface area contributed by atoms with Crippen molar-refractivity contribution in [2.24, 2.45) is 7.05 Å². The van der Waals surface area contributed by atoms with Gasteiger partial charge in [-0.2, -0.15) is 0 Å². The maximum atomic E-state index is 13.4. The molecule has 0 bridgehead atoms. The highest BCUT2D eigenvalue weighted by molar-refractivity contribution is 6.04. The number of unbranched alkanes of at least 4 members (excludes halogenated alkanes) is 11. The second kappa shape index (κ2) is 19.2. The third-order valence-electron chi connectivity index (χ3n) is 7.26. The van der Waals surface area contributed by atoms with Crippen LogP contribution in [0.25, 0.3) is 0 Å². The number of pyridine rings is 1. The van der Waals surface area contributed by atoms with Gasteiger partial charge in [0.1, 0.15) is 12.8 Å². The Labute approximate surface area is 261 Å². The smallest absolute Gasteiger partial charge is 0.260 e. The molecule has 2 aromatic rings. The van der Waals surface area contributed by atoms with E-state index in [9.17, 15) is 9.59 Å². The number of carbonyl (C=O) groups is 2. The van der Waals surface area contributed by atoms with Crippen LogP contribution in [0.4, 0.5) is 0 Å². The Kier molecular flexibility index (Phi) is 17.3. The third kappa shape index (κ3) is 13.1. The van der Waals surface area contributed by atoms with E-state index < -0.39 is 0 Å². The first kappa shape index (κ1) is 36.1. The first-order valence-electron chi connectivity index (χ1n) is 15.2. The number of aryl methyl sites for hydroxylation is 1. The second-order valence-electron chi connectivity index (χ2n) is 12.0. The van der Waals surface area contributed by atoms with Crippen LogP contribution in [-0.4, -0.2) is 23.3 Å². The molecule has 0 saturated carbocycles. The van der Waals surface area contributed by atoms with Gasteiger partial charge in [-0.3, -0.25) is 14.5 Å². The molecule has 1 aromatic heterocycles. The van der Waals surface area contributed by atoms with Crippen LogP contribution < -0.4 is 33.3 Å². The highest BCUT2D eigenvalue weighted by Crippen LogP contribution is 2.33. The molecule has 0 aliphatic carbocycles. The number of ether oxygens (including phenoxy) is 1. The van der Waals surface area contributed by atoms with E-state index in [0.29, 0.717) is 12.2 Å². The standard InChI is InChI=1S/C34H53N2O3.HI/c1-7-8-9-10-11-12-13-14-15-16-17-18-24-39-32-22-21-30(25-31(32)34(3,4)5)33(38)36(28(2)37)27-29-20-19-23-35(6)26-29;/h19-23,25-26H,7-18,24,27H2,1-6H3;1H/q+1;/p-1. The van der Waals surface area contributed by atoms with E-state index in [0.717, 1.165) is 23.3 Å². The van der Waals surface area contributed by atoms with Crippen LogP contribution in [0.5, 0.6) is 5.75 Å². The number of aromatic nitrogens is 1. The number of nitrogens with zero attached hydrogens (tertiary/aromatic N) is 2. The van der Waals surface area contributed by atoms with Gasteiger partial charge in [0, 0.05) is 29.7 Å². The van der Waals surface area contributed by atoms with Crippen LogP contribution in [0.3, 0.4) is 0 Å². The molecule has 0 spiro atoms. The van der Waals surface area contributed by atoms with Gasteiger partial charge in [-0.05, 0) is 36.1 Å². The van der Waals surface area contributed by atoms with Gasteiger partial charge < -0.3 is 28.7 Å². The zero-order chi connectivity index (χ0) is 28.7. The van der Waals surface area contributed by atoms with Crippen molar-refractivity contribution in [3.8, 4) is 5.75 Å². The molecule has 1 aromatic carbocycles. The fraction of sp³-hybridized carbons (Fsp3) is 0.618. The van der Waals surface area contributed by atoms with E-state index in [2.05, 4.69) is 27.7 Å². The molecule has 0 saturated heterocycles. The molecule has 224 valence electrons. The molecule has 0 N–H and O–H groups in total. The molecule has 2 amide bonds. The summed E-state index contributed by atoms with van der Waals surface area (Å²) in [6.07, 6.45) is 19.6. The predicted octanol–water partition coefficient (Wildman–Crippen LogP) is 5.08. The lowest BCUT2D eigenvalue weighted by Gasteiger charge is -2.25. The molecule has 0 radical (unpaired) electrons. The van der Waals surface area contributed by atoms with Crippen molar-refractivity contribution in [1.82, 2.24) is 4.90 Å². The molecule has 0 atom stereocenters. The fourth-order valence-corrected chi connectivity index (χ4v) is 4.91. The summed E-state index contributed by atoms with van der Waals surface area (Å²) in [5.41, 5.74) is 2.20. The van der Waals surface area contributed by atoms with Crippen LogP contribution in [0.1, 0.15) is 133 Å². The SMILES string of the molecule is CCCCCCCCCCCCCCOc1ccc(C(=O)N(Cc2ccc[n+](C)c2)C(C)=O)cc1C(C)(C)C.[I-]. The lowest BCUT2D eigenvalue weighted by molar-refractivity contribution is -0.672. The monoisotopic (exact) mass is 664 g/mol. The van der Waals surface area contributed by atoms with E-state index in [1.54, 1.807) is 6.07 Å². The number of benzene rings is 1. The summed E-state index contributed by atoms with van der Waals surface area (Å²) < 4.78 is 8.13. The fourth-order valence-electron chi connectivity index (χ4n) is 4.91. The first-order valence-corrected chi connectivity index (χ1v) is 15.2. The average molecular weight is 665 g/mol. The Bertz CT molecular complexity index is 1030. The Morgan fingerprint density at radius 2 is 1.45 bits per heavy atom. The molecule has 0 aliphatic heterocycles. The summed E-state index contributed by atoms with van der Waals surface area (Å²) in [7, 11) is 1.93. The minimum absolute atomic E-state index is 0. The minimum atomic E-state index is -0.285. The van der Waals surface area contributed by atoms with E-state index in [4.69, 9.17) is 4.74 Å². The van der Waals surface area contributed by atoms with Crippen LogP contribution >= 0.6 is 0 Å². The minimum Gasteiger partial charge on any atom is -1.00 e. The van der Waals surface area contributed by atoms with Crippen molar-refractivity contribution in [3.05, 3.63) is 59.4 Å². The topological polar surface area (TPSA) is 50.5 Å². The summed E-state index contributed by atoms with van der Waals surface area (Å²) in [6.45, 7) is 11.0. The summed E-state index contributed by atoms with van der Waals surface area (Å²) >= 11 is 0.